The van der Waals surface area contributed by atoms with Crippen molar-refractivity contribution in [1.29, 1.82) is 0 Å². The molecule has 1 unspecified atom stereocenters. The number of halogens is 1. The summed E-state index contributed by atoms with van der Waals surface area (Å²) in [6.07, 6.45) is 3.13. The number of para-hydroxylation sites is 2. The Hall–Kier alpha value is -3.31. The molecule has 2 aromatic rings. The lowest BCUT2D eigenvalue weighted by Crippen LogP contribution is -2.50. The Morgan fingerprint density at radius 3 is 2.48 bits per heavy atom. The van der Waals surface area contributed by atoms with Gasteiger partial charge in [0.1, 0.15) is 11.2 Å². The first-order valence-electron chi connectivity index (χ1n) is 16.7. The topological polar surface area (TPSA) is 88.2 Å². The van der Waals surface area contributed by atoms with Crippen molar-refractivity contribution in [2.45, 2.75) is 69.5 Å². The molecule has 0 bridgehead atoms. The summed E-state index contributed by atoms with van der Waals surface area (Å²) in [5.41, 5.74) is 3.41. The van der Waals surface area contributed by atoms with Crippen LogP contribution < -0.4 is 15.5 Å². The van der Waals surface area contributed by atoms with Gasteiger partial charge in [0, 0.05) is 78.9 Å². The van der Waals surface area contributed by atoms with E-state index in [-0.39, 0.29) is 49.8 Å². The lowest BCUT2D eigenvalue weighted by atomic mass is 9.92. The second kappa shape index (κ2) is 13.8. The number of likely N-dealkylation sites (tertiary alicyclic amines) is 1. The molecule has 4 heterocycles. The highest BCUT2D eigenvalue weighted by atomic mass is 32.2. The molecule has 3 saturated heterocycles. The molecule has 0 aromatic heterocycles. The second-order valence-electron chi connectivity index (χ2n) is 14.1. The van der Waals surface area contributed by atoms with Gasteiger partial charge in [-0.15, -0.1) is 11.8 Å². The maximum absolute atomic E-state index is 15.5. The van der Waals surface area contributed by atoms with Crippen LogP contribution in [0.2, 0.25) is 0 Å². The quantitative estimate of drug-likeness (QED) is 0.406. The number of nitrogens with one attached hydrogen (secondary N) is 2. The fourth-order valence-electron chi connectivity index (χ4n) is 7.05. The molecule has 252 valence electrons. The maximum atomic E-state index is 15.5. The van der Waals surface area contributed by atoms with E-state index < -0.39 is 5.25 Å². The third-order valence-corrected chi connectivity index (χ3v) is 11.2. The number of hydrogen-bond donors (Lipinski definition) is 2. The van der Waals surface area contributed by atoms with Crippen molar-refractivity contribution < 1.29 is 21.6 Å². The van der Waals surface area contributed by atoms with Gasteiger partial charge in [0.2, 0.25) is 11.8 Å². The predicted octanol–water partition coefficient (Wildman–Crippen LogP) is 5.58. The standard InChI is InChI=1S/C35H47FN6O3S.2H2/c1-35(2,3)14-20-42-32(44)29(46-33(42)26-8-6-9-27(36)31(26)40-21-15-37-16-22-40)23-30(43)39-17-12-25(13-18-39)41-19-11-24-7-4-5-10-28(24)38-34(41)45;;/h4-10,25,29,33,37H,11-23H2,1-3H3,(H,38,45);2*1H/t29-,33?;;/m0../s1. The van der Waals surface area contributed by atoms with Crippen LogP contribution in [0.1, 0.15) is 65.8 Å². The summed E-state index contributed by atoms with van der Waals surface area (Å²) in [7, 11) is 0. The number of piperidine rings is 1. The zero-order chi connectivity index (χ0) is 32.4. The van der Waals surface area contributed by atoms with E-state index in [1.165, 1.54) is 17.8 Å². The number of fused-ring (bicyclic) bond motifs is 1. The summed E-state index contributed by atoms with van der Waals surface area (Å²) in [6, 6.07) is 13.1. The van der Waals surface area contributed by atoms with Gasteiger partial charge >= 0.3 is 6.03 Å². The van der Waals surface area contributed by atoms with E-state index in [2.05, 4.69) is 42.4 Å². The molecule has 2 N–H and O–H groups in total. The van der Waals surface area contributed by atoms with Crippen LogP contribution in [0.15, 0.2) is 42.5 Å². The first-order chi connectivity index (χ1) is 22.1. The molecule has 2 aromatic carbocycles. The summed E-state index contributed by atoms with van der Waals surface area (Å²) >= 11 is 1.49. The Morgan fingerprint density at radius 1 is 1.00 bits per heavy atom. The van der Waals surface area contributed by atoms with Crippen LogP contribution in [0, 0.1) is 11.2 Å². The van der Waals surface area contributed by atoms with Gasteiger partial charge < -0.3 is 30.2 Å². The van der Waals surface area contributed by atoms with Crippen molar-refractivity contribution in [2.24, 2.45) is 5.41 Å². The maximum Gasteiger partial charge on any atom is 0.322 e. The van der Waals surface area contributed by atoms with Crippen molar-refractivity contribution in [1.82, 2.24) is 20.0 Å². The third kappa shape index (κ3) is 7.15. The summed E-state index contributed by atoms with van der Waals surface area (Å²) in [5, 5.41) is 5.51. The number of hydrogen-bond acceptors (Lipinski definition) is 6. The van der Waals surface area contributed by atoms with Gasteiger partial charge in [-0.2, -0.15) is 0 Å². The van der Waals surface area contributed by atoms with Crippen LogP contribution in [0.25, 0.3) is 0 Å². The van der Waals surface area contributed by atoms with E-state index in [1.807, 2.05) is 39.0 Å². The van der Waals surface area contributed by atoms with E-state index in [4.69, 9.17) is 0 Å². The number of anilines is 2. The zero-order valence-corrected chi connectivity index (χ0v) is 28.1. The number of amides is 4. The Morgan fingerprint density at radius 2 is 1.74 bits per heavy atom. The SMILES string of the molecule is CC(C)(C)CCN1C(=O)[C@H](CC(=O)N2CCC(N3CCc4ccccc4NC3=O)CC2)SC1c1cccc(F)c1N1CCNCC1.[HH].[HH]. The molecule has 0 radical (unpaired) electrons. The highest BCUT2D eigenvalue weighted by Crippen LogP contribution is 2.48. The van der Waals surface area contributed by atoms with Crippen molar-refractivity contribution in [3.63, 3.8) is 0 Å². The van der Waals surface area contributed by atoms with Gasteiger partial charge in [-0.3, -0.25) is 9.59 Å². The van der Waals surface area contributed by atoms with Gasteiger partial charge in [0.25, 0.3) is 0 Å². The molecule has 3 fully saturated rings. The van der Waals surface area contributed by atoms with Crippen molar-refractivity contribution in [3.8, 4) is 0 Å². The molecule has 2 atom stereocenters. The molecular formula is C35H51FN6O3S. The van der Waals surface area contributed by atoms with Crippen LogP contribution in [0.4, 0.5) is 20.6 Å². The smallest absolute Gasteiger partial charge is 0.322 e. The van der Waals surface area contributed by atoms with Crippen LogP contribution >= 0.6 is 11.8 Å². The molecule has 0 saturated carbocycles. The van der Waals surface area contributed by atoms with Crippen LogP contribution in [0.3, 0.4) is 0 Å². The average molecular weight is 655 g/mol. The lowest BCUT2D eigenvalue weighted by Gasteiger charge is -2.38. The van der Waals surface area contributed by atoms with Gasteiger partial charge in [-0.05, 0) is 48.8 Å². The molecule has 6 rings (SSSR count). The van der Waals surface area contributed by atoms with Crippen molar-refractivity contribution >= 4 is 41.0 Å². The molecule has 0 spiro atoms. The molecule has 9 nitrogen and oxygen atoms in total. The van der Waals surface area contributed by atoms with Gasteiger partial charge in [0.15, 0.2) is 0 Å². The largest absolute Gasteiger partial charge is 0.366 e. The summed E-state index contributed by atoms with van der Waals surface area (Å²) in [4.78, 5) is 48.4. The number of rotatable bonds is 7. The normalized spacial score (nSPS) is 23.0. The average Bonchev–Trinajstić information content (AvgIpc) is 3.23. The molecule has 4 aliphatic heterocycles. The number of urea groups is 1. The van der Waals surface area contributed by atoms with Crippen molar-refractivity contribution in [3.05, 3.63) is 59.4 Å². The fraction of sp³-hybridized carbons (Fsp3) is 0.571. The number of piperazine rings is 1. The Balaban J connectivity index is 0.00000260. The first kappa shape index (κ1) is 32.6. The van der Waals surface area contributed by atoms with Crippen LogP contribution in [-0.2, 0) is 16.0 Å². The Bertz CT molecular complexity index is 1450. The Kier molecular flexibility index (Phi) is 9.80. The summed E-state index contributed by atoms with van der Waals surface area (Å²) in [6.45, 7) is 11.7. The number of nitrogens with zero attached hydrogens (tertiary/aromatic N) is 4. The highest BCUT2D eigenvalue weighted by molar-refractivity contribution is 8.01. The minimum absolute atomic E-state index is 0. The summed E-state index contributed by atoms with van der Waals surface area (Å²) in [5.74, 6) is -0.346. The molecule has 11 heteroatoms. The van der Waals surface area contributed by atoms with Gasteiger partial charge in [0.05, 0.1) is 10.9 Å². The number of benzene rings is 2. The molecule has 0 aliphatic carbocycles. The zero-order valence-electron chi connectivity index (χ0n) is 27.3. The van der Waals surface area contributed by atoms with Crippen LogP contribution in [-0.4, -0.2) is 96.2 Å². The first-order valence-corrected chi connectivity index (χ1v) is 17.7. The molecular weight excluding hydrogens is 603 g/mol. The molecule has 4 amide bonds. The number of thioether (sulfide) groups is 1. The number of carbonyl (C=O) groups excluding carboxylic acids is 3. The fourth-order valence-corrected chi connectivity index (χ4v) is 8.55. The minimum atomic E-state index is -0.524. The monoisotopic (exact) mass is 654 g/mol. The van der Waals surface area contributed by atoms with Crippen molar-refractivity contribution in [2.75, 3.05) is 62.6 Å². The van der Waals surface area contributed by atoms with Gasteiger partial charge in [-0.25, -0.2) is 9.18 Å². The lowest BCUT2D eigenvalue weighted by molar-refractivity contribution is -0.137. The Labute approximate surface area is 279 Å². The van der Waals surface area contributed by atoms with E-state index >= 15 is 4.39 Å². The van der Waals surface area contributed by atoms with E-state index in [1.54, 1.807) is 6.07 Å². The van der Waals surface area contributed by atoms with E-state index in [0.717, 1.165) is 42.7 Å². The predicted molar refractivity (Wildman–Crippen MR) is 186 cm³/mol. The molecule has 46 heavy (non-hydrogen) atoms. The second-order valence-corrected chi connectivity index (χ2v) is 15.4. The minimum Gasteiger partial charge on any atom is -0.366 e. The van der Waals surface area contributed by atoms with E-state index in [9.17, 15) is 14.4 Å². The number of carbonyl (C=O) groups is 3. The summed E-state index contributed by atoms with van der Waals surface area (Å²) < 4.78 is 15.5. The highest BCUT2D eigenvalue weighted by Gasteiger charge is 2.44. The van der Waals surface area contributed by atoms with Gasteiger partial charge in [-0.1, -0.05) is 51.1 Å². The molecule has 4 aliphatic rings. The van der Waals surface area contributed by atoms with Crippen LogP contribution in [0.5, 0.6) is 0 Å². The third-order valence-electron chi connectivity index (χ3n) is 9.71. The van der Waals surface area contributed by atoms with E-state index in [0.29, 0.717) is 57.8 Å².